The molecular weight excluding hydrogens is 302 g/mol. The number of rotatable bonds is 5. The maximum absolute atomic E-state index is 5.99. The lowest BCUT2D eigenvalue weighted by atomic mass is 10.1. The van der Waals surface area contributed by atoms with E-state index in [2.05, 4.69) is 32.1 Å². The molecule has 1 aliphatic heterocycles. The van der Waals surface area contributed by atoms with Crippen LogP contribution in [0.4, 0.5) is 0 Å². The molecular formula is C18H21N5O. The van der Waals surface area contributed by atoms with Crippen molar-refractivity contribution in [2.24, 2.45) is 7.05 Å². The summed E-state index contributed by atoms with van der Waals surface area (Å²) in [5, 5.41) is 7.99. The number of nitrogens with zero attached hydrogens (tertiary/aromatic N) is 4. The number of ether oxygens (including phenoxy) is 1. The number of aromatic nitrogens is 4. The van der Waals surface area contributed by atoms with Crippen molar-refractivity contribution in [1.82, 2.24) is 24.6 Å². The lowest BCUT2D eigenvalue weighted by Crippen LogP contribution is -2.32. The molecule has 6 heteroatoms. The fourth-order valence-electron chi connectivity index (χ4n) is 3.18. The van der Waals surface area contributed by atoms with Crippen LogP contribution in [0.3, 0.4) is 0 Å². The highest BCUT2D eigenvalue weighted by Gasteiger charge is 2.32. The van der Waals surface area contributed by atoms with Crippen LogP contribution in [-0.4, -0.2) is 32.0 Å². The zero-order chi connectivity index (χ0) is 16.4. The average Bonchev–Trinajstić information content (AvgIpc) is 3.33. The van der Waals surface area contributed by atoms with Gasteiger partial charge in [-0.05, 0) is 24.6 Å². The molecule has 0 amide bonds. The Hall–Kier alpha value is -2.44. The zero-order valence-electron chi connectivity index (χ0n) is 13.7. The van der Waals surface area contributed by atoms with E-state index in [1.807, 2.05) is 54.6 Å². The third kappa shape index (κ3) is 2.98. The van der Waals surface area contributed by atoms with Crippen molar-refractivity contribution in [2.75, 3.05) is 6.61 Å². The second-order valence-corrected chi connectivity index (χ2v) is 6.04. The van der Waals surface area contributed by atoms with Crippen LogP contribution in [0.5, 0.6) is 0 Å². The minimum Gasteiger partial charge on any atom is -0.369 e. The van der Waals surface area contributed by atoms with Gasteiger partial charge in [0.25, 0.3) is 0 Å². The summed E-state index contributed by atoms with van der Waals surface area (Å²) in [4.78, 5) is 4.56. The first-order valence-electron chi connectivity index (χ1n) is 8.23. The predicted molar refractivity (Wildman–Crippen MR) is 90.7 cm³/mol. The van der Waals surface area contributed by atoms with Gasteiger partial charge >= 0.3 is 0 Å². The maximum atomic E-state index is 5.99. The van der Waals surface area contributed by atoms with E-state index in [0.29, 0.717) is 0 Å². The average molecular weight is 323 g/mol. The number of benzene rings is 1. The Morgan fingerprint density at radius 3 is 2.88 bits per heavy atom. The van der Waals surface area contributed by atoms with Crippen molar-refractivity contribution in [2.45, 2.75) is 25.1 Å². The molecule has 1 N–H and O–H groups in total. The Bertz CT molecular complexity index is 795. The number of hydrogen-bond donors (Lipinski definition) is 1. The molecule has 0 saturated carbocycles. The summed E-state index contributed by atoms with van der Waals surface area (Å²) in [6.07, 6.45) is 6.70. The van der Waals surface area contributed by atoms with Gasteiger partial charge < -0.3 is 14.6 Å². The minimum absolute atomic E-state index is 0.0519. The smallest absolute Gasteiger partial charge is 0.144 e. The van der Waals surface area contributed by atoms with E-state index < -0.39 is 0 Å². The number of nitrogens with one attached hydrogen (secondary N) is 1. The second kappa shape index (κ2) is 6.59. The van der Waals surface area contributed by atoms with Crippen molar-refractivity contribution in [3.63, 3.8) is 0 Å². The lowest BCUT2D eigenvalue weighted by Gasteiger charge is -2.20. The molecule has 1 fully saturated rings. The fourth-order valence-corrected chi connectivity index (χ4v) is 3.18. The van der Waals surface area contributed by atoms with E-state index in [4.69, 9.17) is 4.74 Å². The number of hydrogen-bond acceptors (Lipinski definition) is 4. The molecule has 1 aromatic carbocycles. The fraction of sp³-hybridized carbons (Fsp3) is 0.333. The van der Waals surface area contributed by atoms with Gasteiger partial charge in [-0.2, -0.15) is 5.10 Å². The second-order valence-electron chi connectivity index (χ2n) is 6.04. The minimum atomic E-state index is -0.0519. The summed E-state index contributed by atoms with van der Waals surface area (Å²) >= 11 is 0. The summed E-state index contributed by atoms with van der Waals surface area (Å²) in [6, 6.07) is 12.5. The van der Waals surface area contributed by atoms with Crippen molar-refractivity contribution in [1.29, 1.82) is 0 Å². The van der Waals surface area contributed by atoms with Crippen LogP contribution >= 0.6 is 0 Å². The van der Waals surface area contributed by atoms with Gasteiger partial charge in [-0.15, -0.1) is 0 Å². The number of para-hydroxylation sites is 1. The van der Waals surface area contributed by atoms with Crippen molar-refractivity contribution < 1.29 is 4.74 Å². The van der Waals surface area contributed by atoms with Gasteiger partial charge in [0, 0.05) is 50.5 Å². The van der Waals surface area contributed by atoms with Crippen LogP contribution in [0.25, 0.3) is 5.69 Å². The van der Waals surface area contributed by atoms with Crippen LogP contribution in [0.2, 0.25) is 0 Å². The Balaban J connectivity index is 1.52. The number of aryl methyl sites for hydroxylation is 1. The Morgan fingerprint density at radius 1 is 1.21 bits per heavy atom. The largest absolute Gasteiger partial charge is 0.369 e. The molecule has 24 heavy (non-hydrogen) atoms. The topological polar surface area (TPSA) is 56.9 Å². The molecule has 0 unspecified atom stereocenters. The van der Waals surface area contributed by atoms with Gasteiger partial charge in [-0.25, -0.2) is 4.98 Å². The SMILES string of the molecule is Cn1ccc(CN[C@H]2CCO[C@@H]2c2nccn2-c2ccccc2)n1. The van der Waals surface area contributed by atoms with Crippen LogP contribution < -0.4 is 5.32 Å². The Kier molecular flexibility index (Phi) is 4.15. The molecule has 0 bridgehead atoms. The highest BCUT2D eigenvalue weighted by atomic mass is 16.5. The summed E-state index contributed by atoms with van der Waals surface area (Å²) in [6.45, 7) is 1.48. The molecule has 3 aromatic rings. The molecule has 1 saturated heterocycles. The van der Waals surface area contributed by atoms with Gasteiger partial charge in [0.1, 0.15) is 11.9 Å². The molecule has 1 aliphatic rings. The molecule has 4 rings (SSSR count). The van der Waals surface area contributed by atoms with Gasteiger partial charge in [-0.1, -0.05) is 18.2 Å². The lowest BCUT2D eigenvalue weighted by molar-refractivity contribution is 0.0903. The van der Waals surface area contributed by atoms with Crippen LogP contribution in [-0.2, 0) is 18.3 Å². The summed E-state index contributed by atoms with van der Waals surface area (Å²) < 4.78 is 9.92. The molecule has 3 heterocycles. The monoisotopic (exact) mass is 323 g/mol. The first-order valence-corrected chi connectivity index (χ1v) is 8.23. The van der Waals surface area contributed by atoms with E-state index in [-0.39, 0.29) is 12.1 Å². The summed E-state index contributed by atoms with van der Waals surface area (Å²) in [5.74, 6) is 0.942. The molecule has 0 radical (unpaired) electrons. The van der Waals surface area contributed by atoms with Crippen LogP contribution in [0.1, 0.15) is 24.0 Å². The molecule has 2 aromatic heterocycles. The maximum Gasteiger partial charge on any atom is 0.144 e. The van der Waals surface area contributed by atoms with Crippen LogP contribution in [0.15, 0.2) is 55.0 Å². The third-order valence-electron chi connectivity index (χ3n) is 4.36. The van der Waals surface area contributed by atoms with Gasteiger partial charge in [-0.3, -0.25) is 4.68 Å². The van der Waals surface area contributed by atoms with E-state index in [1.165, 1.54) is 0 Å². The first kappa shape index (κ1) is 15.1. The van der Waals surface area contributed by atoms with Gasteiger partial charge in [0.2, 0.25) is 0 Å². The van der Waals surface area contributed by atoms with E-state index in [0.717, 1.165) is 36.8 Å². The summed E-state index contributed by atoms with van der Waals surface area (Å²) in [7, 11) is 1.93. The number of imidazole rings is 1. The normalized spacial score (nSPS) is 20.5. The summed E-state index contributed by atoms with van der Waals surface area (Å²) in [5.41, 5.74) is 2.14. The predicted octanol–water partition coefficient (Wildman–Crippen LogP) is 2.23. The molecule has 0 aliphatic carbocycles. The van der Waals surface area contributed by atoms with E-state index in [1.54, 1.807) is 0 Å². The highest BCUT2D eigenvalue weighted by molar-refractivity contribution is 5.33. The molecule has 6 nitrogen and oxygen atoms in total. The van der Waals surface area contributed by atoms with Gasteiger partial charge in [0.05, 0.1) is 5.69 Å². The first-order chi connectivity index (χ1) is 11.8. The molecule has 124 valence electrons. The molecule has 0 spiro atoms. The van der Waals surface area contributed by atoms with Gasteiger partial charge in [0.15, 0.2) is 0 Å². The Labute approximate surface area is 141 Å². The van der Waals surface area contributed by atoms with Crippen molar-refractivity contribution >= 4 is 0 Å². The van der Waals surface area contributed by atoms with Crippen LogP contribution in [0, 0.1) is 0 Å². The standard InChI is InChI=1S/C18H21N5O/c1-22-10-7-14(21-22)13-20-16-8-12-24-17(16)18-19-9-11-23(18)15-5-3-2-4-6-15/h2-7,9-11,16-17,20H,8,12-13H2,1H3/t16-,17-/m0/s1. The highest BCUT2D eigenvalue weighted by Crippen LogP contribution is 2.29. The Morgan fingerprint density at radius 2 is 2.08 bits per heavy atom. The zero-order valence-corrected chi connectivity index (χ0v) is 13.7. The van der Waals surface area contributed by atoms with E-state index in [9.17, 15) is 0 Å². The molecule has 2 atom stereocenters. The van der Waals surface area contributed by atoms with Crippen molar-refractivity contribution in [3.05, 3.63) is 66.5 Å². The van der Waals surface area contributed by atoms with Crippen molar-refractivity contribution in [3.8, 4) is 5.69 Å². The third-order valence-corrected chi connectivity index (χ3v) is 4.36. The van der Waals surface area contributed by atoms with E-state index >= 15 is 0 Å². The quantitative estimate of drug-likeness (QED) is 0.782.